The Morgan fingerprint density at radius 2 is 1.46 bits per heavy atom. The van der Waals surface area contributed by atoms with Gasteiger partial charge in [0, 0.05) is 37.9 Å². The fraction of sp³-hybridized carbons (Fsp3) is 0.146. The van der Waals surface area contributed by atoms with Gasteiger partial charge in [0.25, 0.3) is 0 Å². The molecule has 0 aliphatic rings. The number of nitrogens with zero attached hydrogens (tertiary/aromatic N) is 3. The number of hydrogen-bond acceptors (Lipinski definition) is 6. The first-order valence-electron chi connectivity index (χ1n) is 16.1. The molecule has 0 spiro atoms. The molecule has 3 heterocycles. The van der Waals surface area contributed by atoms with Crippen molar-refractivity contribution in [2.24, 2.45) is 0 Å². The number of benzene rings is 3. The van der Waals surface area contributed by atoms with E-state index in [0.717, 1.165) is 40.5 Å². The Balaban J connectivity index is 1.28. The van der Waals surface area contributed by atoms with Gasteiger partial charge in [-0.05, 0) is 96.3 Å². The summed E-state index contributed by atoms with van der Waals surface area (Å²) in [4.78, 5) is 23.0. The molecule has 3 aromatic heterocycles. The summed E-state index contributed by atoms with van der Waals surface area (Å²) in [6.07, 6.45) is 8.75. The van der Waals surface area contributed by atoms with Gasteiger partial charge in [-0.3, -0.25) is 4.98 Å². The molecule has 0 fully saturated rings. The zero-order valence-electron chi connectivity index (χ0n) is 26.7. The standard InChI is InChI=1S/C41H35N3O2S2/c1-2-3-4-7-12-31-26-39(36-22-17-29(28-43-36)25-32(27-42)41(45)46)48-40(31)38-24-23-37(47-38)30-18-20-35(21-19-30)44(33-13-8-5-9-14-33)34-15-10-6-11-16-34/h5-6,8-11,13-26,28H,2-4,7,12H2,1H3,(H,45,46). The van der Waals surface area contributed by atoms with E-state index in [2.05, 4.69) is 108 Å². The first-order chi connectivity index (χ1) is 23.5. The second kappa shape index (κ2) is 15.5. The molecule has 0 bridgehead atoms. The van der Waals surface area contributed by atoms with Gasteiger partial charge < -0.3 is 10.0 Å². The molecular formula is C41H35N3O2S2. The summed E-state index contributed by atoms with van der Waals surface area (Å²) in [7, 11) is 0. The van der Waals surface area contributed by atoms with Crippen LogP contribution >= 0.6 is 22.7 Å². The Morgan fingerprint density at radius 1 is 0.792 bits per heavy atom. The second-order valence-corrected chi connectivity index (χ2v) is 13.6. The van der Waals surface area contributed by atoms with Gasteiger partial charge in [0.2, 0.25) is 0 Å². The van der Waals surface area contributed by atoms with E-state index in [4.69, 9.17) is 5.26 Å². The largest absolute Gasteiger partial charge is 0.477 e. The number of nitriles is 1. The maximum absolute atomic E-state index is 11.3. The van der Waals surface area contributed by atoms with Crippen molar-refractivity contribution in [2.45, 2.75) is 39.0 Å². The molecule has 238 valence electrons. The fourth-order valence-corrected chi connectivity index (χ4v) is 7.97. The summed E-state index contributed by atoms with van der Waals surface area (Å²) in [5.41, 5.74) is 6.95. The summed E-state index contributed by atoms with van der Waals surface area (Å²) in [5, 5.41) is 18.3. The number of carboxylic acid groups (broad SMARTS) is 1. The number of aliphatic carboxylic acids is 1. The van der Waals surface area contributed by atoms with Crippen LogP contribution < -0.4 is 4.90 Å². The van der Waals surface area contributed by atoms with Crippen LogP contribution in [0.2, 0.25) is 0 Å². The number of pyridine rings is 1. The number of anilines is 3. The molecule has 0 saturated heterocycles. The van der Waals surface area contributed by atoms with Gasteiger partial charge in [-0.2, -0.15) is 5.26 Å². The Bertz CT molecular complexity index is 2000. The van der Waals surface area contributed by atoms with Crippen LogP contribution in [0.5, 0.6) is 0 Å². The highest BCUT2D eigenvalue weighted by molar-refractivity contribution is 7.25. The van der Waals surface area contributed by atoms with Gasteiger partial charge >= 0.3 is 5.97 Å². The molecule has 0 radical (unpaired) electrons. The maximum Gasteiger partial charge on any atom is 0.346 e. The van der Waals surface area contributed by atoms with Crippen molar-refractivity contribution in [1.82, 2.24) is 4.98 Å². The fourth-order valence-electron chi connectivity index (χ4n) is 5.63. The molecule has 0 atom stereocenters. The zero-order chi connectivity index (χ0) is 33.3. The number of carboxylic acids is 1. The maximum atomic E-state index is 11.3. The molecule has 7 heteroatoms. The normalized spacial score (nSPS) is 11.3. The average molecular weight is 666 g/mol. The summed E-state index contributed by atoms with van der Waals surface area (Å²) < 4.78 is 0. The first kappa shape index (κ1) is 32.6. The van der Waals surface area contributed by atoms with Gasteiger partial charge in [-0.25, -0.2) is 4.79 Å². The highest BCUT2D eigenvalue weighted by Gasteiger charge is 2.17. The summed E-state index contributed by atoms with van der Waals surface area (Å²) in [6.45, 7) is 2.23. The quantitative estimate of drug-likeness (QED) is 0.0754. The predicted octanol–water partition coefficient (Wildman–Crippen LogP) is 11.8. The van der Waals surface area contributed by atoms with Gasteiger partial charge in [0.05, 0.1) is 10.6 Å². The van der Waals surface area contributed by atoms with Crippen LogP contribution in [0.25, 0.3) is 36.8 Å². The Labute approximate surface area is 289 Å². The van der Waals surface area contributed by atoms with Crippen LogP contribution in [0, 0.1) is 11.3 Å². The Hall–Kier alpha value is -5.29. The van der Waals surface area contributed by atoms with E-state index >= 15 is 0 Å². The SMILES string of the molecule is CCCCCCc1cc(-c2ccc(C=C(C#N)C(=O)O)cn2)sc1-c1ccc(-c2ccc(N(c3ccccc3)c3ccccc3)cc2)s1. The molecular weight excluding hydrogens is 631 g/mol. The van der Waals surface area contributed by atoms with Crippen LogP contribution in [-0.4, -0.2) is 16.1 Å². The van der Waals surface area contributed by atoms with Crippen LogP contribution in [0.1, 0.15) is 43.7 Å². The second-order valence-electron chi connectivity index (χ2n) is 11.4. The van der Waals surface area contributed by atoms with E-state index in [1.165, 1.54) is 51.1 Å². The number of carbonyl (C=O) groups is 1. The average Bonchev–Trinajstić information content (AvgIpc) is 3.79. The number of unbranched alkanes of at least 4 members (excludes halogenated alkanes) is 3. The van der Waals surface area contributed by atoms with E-state index in [9.17, 15) is 9.90 Å². The van der Waals surface area contributed by atoms with Gasteiger partial charge in [-0.15, -0.1) is 22.7 Å². The molecule has 0 saturated carbocycles. The molecule has 0 unspecified atom stereocenters. The third-order valence-electron chi connectivity index (χ3n) is 8.08. The zero-order valence-corrected chi connectivity index (χ0v) is 28.3. The lowest BCUT2D eigenvalue weighted by Gasteiger charge is -2.25. The molecule has 6 rings (SSSR count). The van der Waals surface area contributed by atoms with E-state index in [-0.39, 0.29) is 5.57 Å². The third kappa shape index (κ3) is 7.63. The first-order valence-corrected chi connectivity index (χ1v) is 17.7. The van der Waals surface area contributed by atoms with E-state index < -0.39 is 5.97 Å². The lowest BCUT2D eigenvalue weighted by atomic mass is 10.1. The van der Waals surface area contributed by atoms with Gasteiger partial charge in [-0.1, -0.05) is 80.8 Å². The topological polar surface area (TPSA) is 77.2 Å². The van der Waals surface area contributed by atoms with Crippen molar-refractivity contribution >= 4 is 51.8 Å². The Kier molecular flexibility index (Phi) is 10.6. The molecule has 48 heavy (non-hydrogen) atoms. The number of aromatic nitrogens is 1. The number of para-hydroxylation sites is 2. The van der Waals surface area contributed by atoms with Gasteiger partial charge in [0.1, 0.15) is 11.6 Å². The minimum Gasteiger partial charge on any atom is -0.477 e. The molecule has 3 aromatic carbocycles. The van der Waals surface area contributed by atoms with Gasteiger partial charge in [0.15, 0.2) is 0 Å². The van der Waals surface area contributed by atoms with E-state index in [1.807, 2.05) is 35.6 Å². The summed E-state index contributed by atoms with van der Waals surface area (Å²) in [5.74, 6) is -1.25. The van der Waals surface area contributed by atoms with Crippen molar-refractivity contribution in [3.63, 3.8) is 0 Å². The van der Waals surface area contributed by atoms with Crippen molar-refractivity contribution in [3.05, 3.63) is 138 Å². The smallest absolute Gasteiger partial charge is 0.346 e. The van der Waals surface area contributed by atoms with Crippen molar-refractivity contribution in [3.8, 4) is 36.8 Å². The predicted molar refractivity (Wildman–Crippen MR) is 200 cm³/mol. The molecule has 0 amide bonds. The van der Waals surface area contributed by atoms with Crippen molar-refractivity contribution in [1.29, 1.82) is 5.26 Å². The van der Waals surface area contributed by atoms with Crippen molar-refractivity contribution in [2.75, 3.05) is 4.90 Å². The third-order valence-corrected chi connectivity index (χ3v) is 10.6. The number of rotatable bonds is 13. The lowest BCUT2D eigenvalue weighted by molar-refractivity contribution is -0.132. The van der Waals surface area contributed by atoms with Crippen LogP contribution in [-0.2, 0) is 11.2 Å². The number of hydrogen-bond donors (Lipinski definition) is 1. The van der Waals surface area contributed by atoms with E-state index in [1.54, 1.807) is 23.6 Å². The van der Waals surface area contributed by atoms with Crippen molar-refractivity contribution < 1.29 is 9.90 Å². The molecule has 5 nitrogen and oxygen atoms in total. The van der Waals surface area contributed by atoms with E-state index in [0.29, 0.717) is 5.56 Å². The lowest BCUT2D eigenvalue weighted by Crippen LogP contribution is -2.09. The highest BCUT2D eigenvalue weighted by Crippen LogP contribution is 2.44. The number of thiophene rings is 2. The van der Waals surface area contributed by atoms with Crippen LogP contribution in [0.4, 0.5) is 17.1 Å². The minimum absolute atomic E-state index is 0.315. The molecule has 0 aliphatic heterocycles. The highest BCUT2D eigenvalue weighted by atomic mass is 32.1. The summed E-state index contributed by atoms with van der Waals surface area (Å²) >= 11 is 3.56. The number of aryl methyl sites for hydroxylation is 1. The van der Waals surface area contributed by atoms with Crippen LogP contribution in [0.15, 0.2) is 127 Å². The van der Waals surface area contributed by atoms with Crippen LogP contribution in [0.3, 0.4) is 0 Å². The minimum atomic E-state index is -1.25. The molecule has 0 aliphatic carbocycles. The Morgan fingerprint density at radius 3 is 2.06 bits per heavy atom. The monoisotopic (exact) mass is 665 g/mol. The summed E-state index contributed by atoms with van der Waals surface area (Å²) in [6, 6.07) is 41.8. The molecule has 6 aromatic rings. The molecule has 1 N–H and O–H groups in total.